The summed E-state index contributed by atoms with van der Waals surface area (Å²) in [6, 6.07) is 3.26. The van der Waals surface area contributed by atoms with E-state index in [-0.39, 0.29) is 6.61 Å². The smallest absolute Gasteiger partial charge is 0.285 e. The van der Waals surface area contributed by atoms with Gasteiger partial charge in [0, 0.05) is 6.07 Å². The second kappa shape index (κ2) is 5.60. The third kappa shape index (κ3) is 3.39. The highest BCUT2D eigenvalue weighted by molar-refractivity contribution is 5.02. The van der Waals surface area contributed by atoms with Crippen LogP contribution in [0.4, 0.5) is 4.39 Å². The van der Waals surface area contributed by atoms with E-state index < -0.39 is 6.67 Å². The maximum Gasteiger partial charge on any atom is 0.285 e. The zero-order valence-corrected chi connectivity index (χ0v) is 6.59. The van der Waals surface area contributed by atoms with Gasteiger partial charge in [0.25, 0.3) is 5.95 Å². The second-order valence-electron chi connectivity index (χ2n) is 2.02. The predicted octanol–water partition coefficient (Wildman–Crippen LogP) is 1.44. The second-order valence-corrected chi connectivity index (χ2v) is 2.02. The molecule has 67 valence electrons. The highest BCUT2D eigenvalue weighted by Gasteiger charge is 1.94. The summed E-state index contributed by atoms with van der Waals surface area (Å²) in [5.41, 5.74) is 0. The van der Waals surface area contributed by atoms with Crippen molar-refractivity contribution in [2.75, 3.05) is 26.5 Å². The van der Waals surface area contributed by atoms with E-state index in [0.717, 1.165) is 0 Å². The van der Waals surface area contributed by atoms with E-state index in [1.54, 1.807) is 12.1 Å². The minimum Gasteiger partial charge on any atom is -0.463 e. The van der Waals surface area contributed by atoms with Crippen LogP contribution in [-0.2, 0) is 4.74 Å². The first-order valence-electron chi connectivity index (χ1n) is 3.66. The topological polar surface area (TPSA) is 31.6 Å². The van der Waals surface area contributed by atoms with Crippen molar-refractivity contribution in [3.05, 3.63) is 18.4 Å². The molecule has 0 N–H and O–H groups in total. The van der Waals surface area contributed by atoms with Crippen LogP contribution in [0, 0.1) is 6.26 Å². The molecule has 1 aromatic heterocycles. The van der Waals surface area contributed by atoms with Crippen LogP contribution in [0.15, 0.2) is 16.5 Å². The molecule has 0 saturated carbocycles. The monoisotopic (exact) mass is 173 g/mol. The van der Waals surface area contributed by atoms with E-state index in [2.05, 4.69) is 6.26 Å². The van der Waals surface area contributed by atoms with E-state index >= 15 is 0 Å². The molecule has 0 atom stereocenters. The van der Waals surface area contributed by atoms with Crippen molar-refractivity contribution < 1.29 is 18.3 Å². The van der Waals surface area contributed by atoms with Gasteiger partial charge in [-0.05, 0) is 6.07 Å². The Balaban J connectivity index is 1.96. The zero-order chi connectivity index (χ0) is 8.65. The van der Waals surface area contributed by atoms with Gasteiger partial charge in [-0.1, -0.05) is 0 Å². The zero-order valence-electron chi connectivity index (χ0n) is 6.59. The summed E-state index contributed by atoms with van der Waals surface area (Å²) >= 11 is 0. The first kappa shape index (κ1) is 9.06. The van der Waals surface area contributed by atoms with Crippen LogP contribution < -0.4 is 4.74 Å². The number of alkyl halides is 1. The molecule has 1 aromatic rings. The molecule has 0 amide bonds. The predicted molar refractivity (Wildman–Crippen MR) is 39.8 cm³/mol. The normalized spacial score (nSPS) is 10.1. The number of rotatable bonds is 6. The van der Waals surface area contributed by atoms with Crippen molar-refractivity contribution in [2.45, 2.75) is 0 Å². The van der Waals surface area contributed by atoms with Crippen LogP contribution in [0.2, 0.25) is 0 Å². The fourth-order valence-electron chi connectivity index (χ4n) is 0.664. The van der Waals surface area contributed by atoms with Gasteiger partial charge in [0.2, 0.25) is 0 Å². The molecule has 0 aromatic carbocycles. The number of halogens is 1. The van der Waals surface area contributed by atoms with E-state index in [1.165, 1.54) is 0 Å². The highest BCUT2D eigenvalue weighted by atomic mass is 19.1. The molecule has 0 unspecified atom stereocenters. The van der Waals surface area contributed by atoms with Crippen LogP contribution in [0.5, 0.6) is 5.95 Å². The number of hydrogen-bond donors (Lipinski definition) is 0. The molecule has 0 saturated heterocycles. The standard InChI is InChI=1S/C8H10FO3/c9-3-5-10-6-7-12-8-2-1-4-11-8/h1-2H,3,5-7H2. The van der Waals surface area contributed by atoms with Crippen LogP contribution in [-0.4, -0.2) is 26.5 Å². The lowest BCUT2D eigenvalue weighted by atomic mass is 10.6. The molecule has 3 nitrogen and oxygen atoms in total. The molecule has 4 heteroatoms. The Bertz CT molecular complexity index is 186. The van der Waals surface area contributed by atoms with E-state index in [9.17, 15) is 4.39 Å². The van der Waals surface area contributed by atoms with Crippen LogP contribution in [0.3, 0.4) is 0 Å². The molecule has 12 heavy (non-hydrogen) atoms. The molecule has 1 rings (SSSR count). The maximum atomic E-state index is 11.5. The first-order chi connectivity index (χ1) is 5.93. The van der Waals surface area contributed by atoms with Crippen molar-refractivity contribution in [1.82, 2.24) is 0 Å². The lowest BCUT2D eigenvalue weighted by Gasteiger charge is -2.01. The molecule has 0 aliphatic rings. The Morgan fingerprint density at radius 1 is 1.42 bits per heavy atom. The van der Waals surface area contributed by atoms with Crippen molar-refractivity contribution in [1.29, 1.82) is 0 Å². The van der Waals surface area contributed by atoms with Crippen molar-refractivity contribution in [2.24, 2.45) is 0 Å². The van der Waals surface area contributed by atoms with E-state index in [1.807, 2.05) is 0 Å². The summed E-state index contributed by atoms with van der Waals surface area (Å²) in [7, 11) is 0. The lowest BCUT2D eigenvalue weighted by molar-refractivity contribution is 0.0816. The SMILES string of the molecule is FCCOCCOc1cc[c]o1. The maximum absolute atomic E-state index is 11.5. The molecule has 1 heterocycles. The summed E-state index contributed by atoms with van der Waals surface area (Å²) in [6.45, 7) is 0.383. The molecular weight excluding hydrogens is 163 g/mol. The Morgan fingerprint density at radius 3 is 3.00 bits per heavy atom. The Kier molecular flexibility index (Phi) is 4.23. The summed E-state index contributed by atoms with van der Waals surface area (Å²) in [5.74, 6) is 0.402. The Hall–Kier alpha value is -1.03. The first-order valence-corrected chi connectivity index (χ1v) is 3.66. The molecule has 0 aliphatic heterocycles. The Labute approximate surface area is 70.1 Å². The van der Waals surface area contributed by atoms with Gasteiger partial charge in [0.15, 0.2) is 6.26 Å². The molecule has 0 spiro atoms. The van der Waals surface area contributed by atoms with Crippen LogP contribution in [0.25, 0.3) is 0 Å². The van der Waals surface area contributed by atoms with Crippen LogP contribution in [0.1, 0.15) is 0 Å². The molecule has 1 radical (unpaired) electrons. The van der Waals surface area contributed by atoms with Gasteiger partial charge in [0.1, 0.15) is 13.3 Å². The minimum absolute atomic E-state index is 0.119. The largest absolute Gasteiger partial charge is 0.463 e. The highest BCUT2D eigenvalue weighted by Crippen LogP contribution is 2.08. The van der Waals surface area contributed by atoms with E-state index in [0.29, 0.717) is 19.2 Å². The van der Waals surface area contributed by atoms with Gasteiger partial charge in [-0.3, -0.25) is 0 Å². The van der Waals surface area contributed by atoms with Crippen molar-refractivity contribution in [3.8, 4) is 5.95 Å². The van der Waals surface area contributed by atoms with Gasteiger partial charge in [0.05, 0.1) is 13.2 Å². The average molecular weight is 173 g/mol. The molecule has 0 bridgehead atoms. The number of hydrogen-bond acceptors (Lipinski definition) is 3. The minimum atomic E-state index is -0.464. The Morgan fingerprint density at radius 2 is 2.33 bits per heavy atom. The number of ether oxygens (including phenoxy) is 2. The summed E-state index contributed by atoms with van der Waals surface area (Å²) in [4.78, 5) is 0. The van der Waals surface area contributed by atoms with Crippen molar-refractivity contribution >= 4 is 0 Å². The lowest BCUT2D eigenvalue weighted by Crippen LogP contribution is -2.07. The number of furan rings is 1. The summed E-state index contributed by atoms with van der Waals surface area (Å²) < 4.78 is 26.1. The quantitative estimate of drug-likeness (QED) is 0.610. The van der Waals surface area contributed by atoms with Gasteiger partial charge in [-0.25, -0.2) is 4.39 Å². The fraction of sp³-hybridized carbons (Fsp3) is 0.500. The van der Waals surface area contributed by atoms with Gasteiger partial charge in [-0.15, -0.1) is 0 Å². The molecule has 0 fully saturated rings. The van der Waals surface area contributed by atoms with Gasteiger partial charge < -0.3 is 13.9 Å². The summed E-state index contributed by atoms with van der Waals surface area (Å²) in [6.07, 6.45) is 2.48. The van der Waals surface area contributed by atoms with E-state index in [4.69, 9.17) is 13.9 Å². The average Bonchev–Trinajstić information content (AvgIpc) is 2.57. The molecular formula is C8H10FO3. The fourth-order valence-corrected chi connectivity index (χ4v) is 0.664. The van der Waals surface area contributed by atoms with Crippen molar-refractivity contribution in [3.63, 3.8) is 0 Å². The third-order valence-electron chi connectivity index (χ3n) is 1.14. The summed E-state index contributed by atoms with van der Waals surface area (Å²) in [5, 5.41) is 0. The molecule has 0 aliphatic carbocycles. The van der Waals surface area contributed by atoms with Gasteiger partial charge in [-0.2, -0.15) is 0 Å². The van der Waals surface area contributed by atoms with Gasteiger partial charge >= 0.3 is 0 Å². The van der Waals surface area contributed by atoms with Crippen LogP contribution >= 0.6 is 0 Å². The third-order valence-corrected chi connectivity index (χ3v) is 1.14.